The Balaban J connectivity index is 4.75. The summed E-state index contributed by atoms with van der Waals surface area (Å²) < 4.78 is 226. The van der Waals surface area contributed by atoms with Crippen molar-refractivity contribution in [3.63, 3.8) is 0 Å². The van der Waals surface area contributed by atoms with E-state index < -0.39 is 60.5 Å². The average Bonchev–Trinajstić information content (AvgIpc) is 2.91. The van der Waals surface area contributed by atoms with E-state index in [0.29, 0.717) is 12.8 Å². The summed E-state index contributed by atoms with van der Waals surface area (Å²) in [7, 11) is 0. The van der Waals surface area contributed by atoms with Gasteiger partial charge in [0.05, 0.1) is 0 Å². The van der Waals surface area contributed by atoms with Gasteiger partial charge in [-0.25, -0.2) is 0 Å². The molecule has 0 aromatic carbocycles. The van der Waals surface area contributed by atoms with Crippen molar-refractivity contribution in [1.82, 2.24) is 0 Å². The fourth-order valence-corrected chi connectivity index (χ4v) is 4.60. The van der Waals surface area contributed by atoms with Crippen LogP contribution < -0.4 is 0 Å². The lowest BCUT2D eigenvalue weighted by Crippen LogP contribution is -2.74. The molecular formula is C28H41F17. The molecular weight excluding hydrogens is 659 g/mol. The monoisotopic (exact) mass is 700 g/mol. The molecule has 0 aliphatic heterocycles. The summed E-state index contributed by atoms with van der Waals surface area (Å²) in [6.45, 7) is 2.15. The van der Waals surface area contributed by atoms with Crippen molar-refractivity contribution in [2.75, 3.05) is 0 Å². The molecule has 45 heavy (non-hydrogen) atoms. The van der Waals surface area contributed by atoms with Crippen LogP contribution in [0.5, 0.6) is 0 Å². The molecule has 0 bridgehead atoms. The smallest absolute Gasteiger partial charge is 0.200 e. The molecule has 0 heterocycles. The van der Waals surface area contributed by atoms with Crippen LogP contribution in [0.1, 0.15) is 129 Å². The van der Waals surface area contributed by atoms with Gasteiger partial charge in [0.1, 0.15) is 0 Å². The average molecular weight is 701 g/mol. The predicted molar refractivity (Wildman–Crippen MR) is 134 cm³/mol. The van der Waals surface area contributed by atoms with E-state index in [1.54, 1.807) is 0 Å². The maximum atomic E-state index is 13.9. The quantitative estimate of drug-likeness (QED) is 0.0657. The molecule has 0 fully saturated rings. The molecule has 0 rings (SSSR count). The molecule has 0 unspecified atom stereocenters. The molecule has 0 aromatic heterocycles. The minimum atomic E-state index is -8.57. The van der Waals surface area contributed by atoms with E-state index in [1.807, 2.05) is 0 Å². The summed E-state index contributed by atoms with van der Waals surface area (Å²) in [6.07, 6.45) is 3.96. The molecule has 0 radical (unpaired) electrons. The van der Waals surface area contributed by atoms with Gasteiger partial charge in [-0.3, -0.25) is 0 Å². The van der Waals surface area contributed by atoms with Crippen LogP contribution in [0.4, 0.5) is 74.6 Å². The molecule has 0 atom stereocenters. The second-order valence-electron chi connectivity index (χ2n) is 11.4. The summed E-state index contributed by atoms with van der Waals surface area (Å²) in [6, 6.07) is 0. The van der Waals surface area contributed by atoms with E-state index in [9.17, 15) is 74.6 Å². The lowest BCUT2D eigenvalue weighted by Gasteiger charge is -2.42. The van der Waals surface area contributed by atoms with E-state index in [1.165, 1.54) is 44.9 Å². The van der Waals surface area contributed by atoms with Crippen LogP contribution >= 0.6 is 0 Å². The van der Waals surface area contributed by atoms with Crippen LogP contribution in [0.3, 0.4) is 0 Å². The summed E-state index contributed by atoms with van der Waals surface area (Å²) in [5.41, 5.74) is 0. The van der Waals surface area contributed by atoms with Crippen molar-refractivity contribution in [2.45, 2.75) is 177 Å². The van der Waals surface area contributed by atoms with Crippen molar-refractivity contribution in [3.8, 4) is 0 Å². The minimum absolute atomic E-state index is 0.100. The van der Waals surface area contributed by atoms with Gasteiger partial charge in [0, 0.05) is 6.42 Å². The first-order chi connectivity index (χ1) is 20.3. The van der Waals surface area contributed by atoms with Crippen LogP contribution in [0.15, 0.2) is 0 Å². The van der Waals surface area contributed by atoms with Crippen molar-refractivity contribution >= 4 is 0 Å². The van der Waals surface area contributed by atoms with Gasteiger partial charge in [0.15, 0.2) is 0 Å². The molecule has 0 saturated heterocycles. The van der Waals surface area contributed by atoms with E-state index in [2.05, 4.69) is 6.92 Å². The molecule has 0 aliphatic carbocycles. The van der Waals surface area contributed by atoms with Crippen molar-refractivity contribution in [1.29, 1.82) is 0 Å². The third-order valence-corrected chi connectivity index (χ3v) is 7.63. The fourth-order valence-electron chi connectivity index (χ4n) is 4.60. The Morgan fingerprint density at radius 1 is 0.267 bits per heavy atom. The Bertz CT molecular complexity index is 818. The zero-order valence-electron chi connectivity index (χ0n) is 24.9. The summed E-state index contributed by atoms with van der Waals surface area (Å²) in [5.74, 6) is -55.7. The number of halogens is 17. The summed E-state index contributed by atoms with van der Waals surface area (Å²) in [4.78, 5) is 0. The first-order valence-corrected chi connectivity index (χ1v) is 15.0. The maximum Gasteiger partial charge on any atom is 0.460 e. The van der Waals surface area contributed by atoms with Gasteiger partial charge in [-0.2, -0.15) is 74.6 Å². The Hall–Kier alpha value is -1.19. The topological polar surface area (TPSA) is 0 Å². The fraction of sp³-hybridized carbons (Fsp3) is 1.00. The lowest BCUT2D eigenvalue weighted by atomic mass is 9.87. The molecule has 0 N–H and O–H groups in total. The number of hydrogen-bond donors (Lipinski definition) is 0. The van der Waals surface area contributed by atoms with Crippen LogP contribution in [0, 0.1) is 0 Å². The highest BCUT2D eigenvalue weighted by Crippen LogP contribution is 2.64. The summed E-state index contributed by atoms with van der Waals surface area (Å²) in [5, 5.41) is 0. The maximum absolute atomic E-state index is 13.9. The number of alkyl halides is 17. The van der Waals surface area contributed by atoms with E-state index in [-0.39, 0.29) is 12.8 Å². The molecule has 0 aliphatic rings. The second-order valence-corrected chi connectivity index (χ2v) is 11.4. The van der Waals surface area contributed by atoms with Gasteiger partial charge in [-0.05, 0) is 6.42 Å². The Labute approximate surface area is 251 Å². The van der Waals surface area contributed by atoms with Crippen molar-refractivity contribution < 1.29 is 74.6 Å². The molecule has 0 spiro atoms. The van der Waals surface area contributed by atoms with Gasteiger partial charge in [-0.1, -0.05) is 116 Å². The SMILES string of the molecule is CCCCCCCCCCCCCCCCCCCCC(F)(F)C(F)(F)C(F)(F)C(F)(F)C(F)(F)C(F)(F)C(F)(F)C(F)(F)F. The van der Waals surface area contributed by atoms with E-state index >= 15 is 0 Å². The van der Waals surface area contributed by atoms with Gasteiger partial charge in [0.2, 0.25) is 0 Å². The number of rotatable bonds is 25. The van der Waals surface area contributed by atoms with Gasteiger partial charge < -0.3 is 0 Å². The predicted octanol–water partition coefficient (Wildman–Crippen LogP) is 13.4. The van der Waals surface area contributed by atoms with Gasteiger partial charge >= 0.3 is 47.6 Å². The minimum Gasteiger partial charge on any atom is -0.200 e. The normalized spacial score (nSPS) is 14.8. The first-order valence-electron chi connectivity index (χ1n) is 15.0. The molecule has 0 nitrogen and oxygen atoms in total. The Morgan fingerprint density at radius 2 is 0.489 bits per heavy atom. The standard InChI is InChI=1S/C28H41F17/c1-2-3-4-5-6-7-8-9-10-11-12-13-14-15-16-17-18-19-20-21(29,30)22(31,32)23(33,34)24(35,36)25(37,38)26(39,40)27(41,42)28(43,44)45/h2-20H2,1H3. The molecule has 0 amide bonds. The zero-order valence-corrected chi connectivity index (χ0v) is 24.9. The lowest BCUT2D eigenvalue weighted by molar-refractivity contribution is -0.461. The highest BCUT2D eigenvalue weighted by molar-refractivity contribution is 5.15. The Kier molecular flexibility index (Phi) is 16.8. The number of hydrogen-bond acceptors (Lipinski definition) is 0. The largest absolute Gasteiger partial charge is 0.460 e. The first kappa shape index (κ1) is 43.8. The van der Waals surface area contributed by atoms with E-state index in [0.717, 1.165) is 38.5 Å². The molecule has 272 valence electrons. The summed E-state index contributed by atoms with van der Waals surface area (Å²) >= 11 is 0. The van der Waals surface area contributed by atoms with E-state index in [4.69, 9.17) is 0 Å². The van der Waals surface area contributed by atoms with Gasteiger partial charge in [0.25, 0.3) is 0 Å². The third kappa shape index (κ3) is 10.4. The highest BCUT2D eigenvalue weighted by Gasteiger charge is 2.95. The van der Waals surface area contributed by atoms with Crippen LogP contribution in [-0.4, -0.2) is 47.6 Å². The van der Waals surface area contributed by atoms with Crippen molar-refractivity contribution in [2.24, 2.45) is 0 Å². The highest BCUT2D eigenvalue weighted by atomic mass is 19.4. The van der Waals surface area contributed by atoms with Crippen LogP contribution in [0.2, 0.25) is 0 Å². The van der Waals surface area contributed by atoms with Gasteiger partial charge in [-0.15, -0.1) is 0 Å². The number of unbranched alkanes of at least 4 members (excludes halogenated alkanes) is 17. The second kappa shape index (κ2) is 17.3. The molecule has 17 heteroatoms. The third-order valence-electron chi connectivity index (χ3n) is 7.63. The van der Waals surface area contributed by atoms with Crippen LogP contribution in [-0.2, 0) is 0 Å². The zero-order chi connectivity index (χ0) is 35.4. The van der Waals surface area contributed by atoms with Crippen LogP contribution in [0.25, 0.3) is 0 Å². The Morgan fingerprint density at radius 3 is 0.756 bits per heavy atom. The van der Waals surface area contributed by atoms with Crippen molar-refractivity contribution in [3.05, 3.63) is 0 Å². The molecule has 0 saturated carbocycles. The molecule has 0 aromatic rings.